The molecular formula is C22H29N5O2. The smallest absolute Gasteiger partial charge is 0.337 e. The summed E-state index contributed by atoms with van der Waals surface area (Å²) in [5, 5.41) is 5.34. The Hall–Kier alpha value is -2.93. The molecule has 4 N–H and O–H groups in total. The molecule has 29 heavy (non-hydrogen) atoms. The van der Waals surface area contributed by atoms with Crippen LogP contribution in [0.3, 0.4) is 0 Å². The molecule has 0 atom stereocenters. The Bertz CT molecular complexity index is 1030. The van der Waals surface area contributed by atoms with E-state index in [-0.39, 0.29) is 11.5 Å². The second-order valence-corrected chi connectivity index (χ2v) is 7.94. The lowest BCUT2D eigenvalue weighted by Gasteiger charge is -2.18. The van der Waals surface area contributed by atoms with Gasteiger partial charge in [-0.3, -0.25) is 0 Å². The van der Waals surface area contributed by atoms with Crippen molar-refractivity contribution < 1.29 is 9.53 Å². The Labute approximate surface area is 170 Å². The van der Waals surface area contributed by atoms with E-state index in [4.69, 9.17) is 15.5 Å². The van der Waals surface area contributed by atoms with Gasteiger partial charge in [-0.25, -0.2) is 14.8 Å². The number of nitrogens with one attached hydrogen (secondary N) is 2. The van der Waals surface area contributed by atoms with Gasteiger partial charge >= 0.3 is 5.97 Å². The van der Waals surface area contributed by atoms with Gasteiger partial charge in [0.1, 0.15) is 17.3 Å². The van der Waals surface area contributed by atoms with E-state index in [1.54, 1.807) is 12.1 Å². The van der Waals surface area contributed by atoms with Crippen LogP contribution >= 0.6 is 0 Å². The molecular weight excluding hydrogens is 366 g/mol. The van der Waals surface area contributed by atoms with Crippen LogP contribution in [0.1, 0.15) is 49.3 Å². The predicted molar refractivity (Wildman–Crippen MR) is 117 cm³/mol. The molecule has 0 aliphatic carbocycles. The zero-order valence-corrected chi connectivity index (χ0v) is 17.3. The van der Waals surface area contributed by atoms with Gasteiger partial charge in [0.2, 0.25) is 0 Å². The molecule has 0 amide bonds. The SMILES string of the molecule is C=CCCc1nc(NCCCC(C)(C)N)c2c(n1)[nH]c1cc(C(=O)OC)ccc12. The molecule has 3 aromatic rings. The van der Waals surface area contributed by atoms with Gasteiger partial charge in [0.15, 0.2) is 0 Å². The fourth-order valence-corrected chi connectivity index (χ4v) is 3.31. The van der Waals surface area contributed by atoms with Gasteiger partial charge in [-0.15, -0.1) is 6.58 Å². The molecule has 0 saturated heterocycles. The Morgan fingerprint density at radius 1 is 1.38 bits per heavy atom. The molecule has 0 bridgehead atoms. The molecule has 7 nitrogen and oxygen atoms in total. The molecule has 0 saturated carbocycles. The molecule has 0 aliphatic heterocycles. The lowest BCUT2D eigenvalue weighted by molar-refractivity contribution is 0.0601. The molecule has 0 fully saturated rings. The molecule has 0 aliphatic rings. The lowest BCUT2D eigenvalue weighted by Crippen LogP contribution is -2.32. The zero-order valence-electron chi connectivity index (χ0n) is 17.3. The van der Waals surface area contributed by atoms with Gasteiger partial charge in [0, 0.05) is 29.4 Å². The van der Waals surface area contributed by atoms with Crippen molar-refractivity contribution in [2.45, 2.75) is 45.1 Å². The summed E-state index contributed by atoms with van der Waals surface area (Å²) in [5.41, 5.74) is 7.96. The molecule has 1 aromatic carbocycles. The number of allylic oxidation sites excluding steroid dienone is 1. The first kappa shape index (κ1) is 20.8. The van der Waals surface area contributed by atoms with Crippen molar-refractivity contribution >= 4 is 33.7 Å². The van der Waals surface area contributed by atoms with Gasteiger partial charge in [-0.1, -0.05) is 12.1 Å². The number of aromatic amines is 1. The van der Waals surface area contributed by atoms with E-state index < -0.39 is 0 Å². The molecule has 2 heterocycles. The Kier molecular flexibility index (Phi) is 6.17. The summed E-state index contributed by atoms with van der Waals surface area (Å²) in [7, 11) is 1.37. The standard InChI is InChI=1S/C22H29N5O2/c1-5-6-8-17-26-19(24-12-7-11-22(2,3)23)18-15-10-9-14(21(28)29-4)13-16(15)25-20(18)27-17/h5,9-10,13H,1,6-8,11-12,23H2,2-4H3,(H2,24,25,26,27). The number of aryl methyl sites for hydroxylation is 1. The van der Waals surface area contributed by atoms with Crippen molar-refractivity contribution in [3.8, 4) is 0 Å². The third kappa shape index (κ3) is 4.92. The Morgan fingerprint density at radius 3 is 2.86 bits per heavy atom. The quantitative estimate of drug-likeness (QED) is 0.288. The van der Waals surface area contributed by atoms with E-state index in [0.29, 0.717) is 12.0 Å². The zero-order chi connectivity index (χ0) is 21.0. The summed E-state index contributed by atoms with van der Waals surface area (Å²) in [4.78, 5) is 24.6. The largest absolute Gasteiger partial charge is 0.465 e. The van der Waals surface area contributed by atoms with Crippen LogP contribution < -0.4 is 11.1 Å². The van der Waals surface area contributed by atoms with Crippen LogP contribution in [0, 0.1) is 0 Å². The minimum absolute atomic E-state index is 0.192. The number of fused-ring (bicyclic) bond motifs is 3. The topological polar surface area (TPSA) is 106 Å². The van der Waals surface area contributed by atoms with E-state index in [2.05, 4.69) is 21.9 Å². The van der Waals surface area contributed by atoms with Crippen LogP contribution in [0.2, 0.25) is 0 Å². The number of carbonyl (C=O) groups is 1. The van der Waals surface area contributed by atoms with Crippen LogP contribution in [0.4, 0.5) is 5.82 Å². The summed E-state index contributed by atoms with van der Waals surface area (Å²) in [6, 6.07) is 5.45. The van der Waals surface area contributed by atoms with Gasteiger partial charge < -0.3 is 20.8 Å². The predicted octanol–water partition coefficient (Wildman–Crippen LogP) is 3.95. The second kappa shape index (κ2) is 8.61. The fourth-order valence-electron chi connectivity index (χ4n) is 3.31. The van der Waals surface area contributed by atoms with Crippen molar-refractivity contribution in [2.75, 3.05) is 19.0 Å². The number of hydrogen-bond donors (Lipinski definition) is 3. The maximum absolute atomic E-state index is 11.9. The molecule has 2 aromatic heterocycles. The highest BCUT2D eigenvalue weighted by Gasteiger charge is 2.16. The highest BCUT2D eigenvalue weighted by atomic mass is 16.5. The maximum atomic E-state index is 11.9. The van der Waals surface area contributed by atoms with Gasteiger partial charge in [0.05, 0.1) is 18.1 Å². The third-order valence-corrected chi connectivity index (χ3v) is 4.78. The lowest BCUT2D eigenvalue weighted by atomic mass is 10.0. The molecule has 0 spiro atoms. The summed E-state index contributed by atoms with van der Waals surface area (Å²) >= 11 is 0. The monoisotopic (exact) mass is 395 g/mol. The van der Waals surface area contributed by atoms with Crippen molar-refractivity contribution in [2.24, 2.45) is 5.73 Å². The number of carbonyl (C=O) groups excluding carboxylic acids is 1. The van der Waals surface area contributed by atoms with Crippen molar-refractivity contribution in [1.29, 1.82) is 0 Å². The normalized spacial score (nSPS) is 11.7. The summed E-state index contributed by atoms with van der Waals surface area (Å²) in [5.74, 6) is 1.17. The molecule has 7 heteroatoms. The summed E-state index contributed by atoms with van der Waals surface area (Å²) in [6.45, 7) is 8.60. The molecule has 0 radical (unpaired) electrons. The van der Waals surface area contributed by atoms with Gasteiger partial charge in [-0.05, 0) is 45.2 Å². The van der Waals surface area contributed by atoms with Crippen molar-refractivity contribution in [1.82, 2.24) is 15.0 Å². The number of anilines is 1. The summed E-state index contributed by atoms with van der Waals surface area (Å²) < 4.78 is 4.83. The number of esters is 1. The Balaban J connectivity index is 2.00. The van der Waals surface area contributed by atoms with Crippen LogP contribution in [-0.2, 0) is 11.2 Å². The minimum Gasteiger partial charge on any atom is -0.465 e. The van der Waals surface area contributed by atoms with Crippen LogP contribution in [0.25, 0.3) is 21.9 Å². The number of nitrogens with two attached hydrogens (primary N) is 1. The number of ether oxygens (including phenoxy) is 1. The number of aromatic nitrogens is 3. The fraction of sp³-hybridized carbons (Fsp3) is 0.409. The summed E-state index contributed by atoms with van der Waals surface area (Å²) in [6.07, 6.45) is 5.23. The number of nitrogens with zero attached hydrogens (tertiary/aromatic N) is 2. The van der Waals surface area contributed by atoms with Crippen molar-refractivity contribution in [3.05, 3.63) is 42.2 Å². The number of H-pyrrole nitrogens is 1. The van der Waals surface area contributed by atoms with E-state index in [0.717, 1.165) is 59.4 Å². The number of hydrogen-bond acceptors (Lipinski definition) is 6. The highest BCUT2D eigenvalue weighted by Crippen LogP contribution is 2.30. The highest BCUT2D eigenvalue weighted by molar-refractivity contribution is 6.12. The minimum atomic E-state index is -0.369. The average Bonchev–Trinajstić information content (AvgIpc) is 3.05. The van der Waals surface area contributed by atoms with Crippen LogP contribution in [-0.4, -0.2) is 40.1 Å². The first-order valence-corrected chi connectivity index (χ1v) is 9.86. The number of methoxy groups -OCH3 is 1. The first-order valence-electron chi connectivity index (χ1n) is 9.86. The van der Waals surface area contributed by atoms with Crippen molar-refractivity contribution in [3.63, 3.8) is 0 Å². The van der Waals surface area contributed by atoms with E-state index in [9.17, 15) is 4.79 Å². The van der Waals surface area contributed by atoms with E-state index >= 15 is 0 Å². The Morgan fingerprint density at radius 2 is 2.17 bits per heavy atom. The molecule has 0 unspecified atom stereocenters. The van der Waals surface area contributed by atoms with Crippen LogP contribution in [0.5, 0.6) is 0 Å². The average molecular weight is 396 g/mol. The molecule has 154 valence electrons. The first-order chi connectivity index (χ1) is 13.8. The van der Waals surface area contributed by atoms with E-state index in [1.807, 2.05) is 26.0 Å². The maximum Gasteiger partial charge on any atom is 0.337 e. The van der Waals surface area contributed by atoms with Gasteiger partial charge in [-0.2, -0.15) is 0 Å². The van der Waals surface area contributed by atoms with E-state index in [1.165, 1.54) is 7.11 Å². The second-order valence-electron chi connectivity index (χ2n) is 7.94. The van der Waals surface area contributed by atoms with Gasteiger partial charge in [0.25, 0.3) is 0 Å². The third-order valence-electron chi connectivity index (χ3n) is 4.78. The van der Waals surface area contributed by atoms with Crippen LogP contribution in [0.15, 0.2) is 30.9 Å². The number of rotatable bonds is 9. The molecule has 3 rings (SSSR count). The number of benzene rings is 1.